The molecule has 1 aliphatic heterocycles. The van der Waals surface area contributed by atoms with Crippen molar-refractivity contribution in [3.05, 3.63) is 0 Å². The van der Waals surface area contributed by atoms with E-state index in [1.165, 1.54) is 13.8 Å². The minimum absolute atomic E-state index is 0.107. The van der Waals surface area contributed by atoms with Gasteiger partial charge < -0.3 is 15.2 Å². The van der Waals surface area contributed by atoms with Gasteiger partial charge in [-0.2, -0.15) is 19.6 Å². The molecule has 45 heavy (non-hydrogen) atoms. The summed E-state index contributed by atoms with van der Waals surface area (Å²) < 4.78 is 12.5. The summed E-state index contributed by atoms with van der Waals surface area (Å²) in [5.41, 5.74) is 5.12. The number of ether oxygens (including phenoxy) is 2. The van der Waals surface area contributed by atoms with Crippen molar-refractivity contribution in [2.45, 2.75) is 149 Å². The summed E-state index contributed by atoms with van der Waals surface area (Å²) in [6.45, 7) is 12.1. The topological polar surface area (TPSA) is 133 Å². The summed E-state index contributed by atoms with van der Waals surface area (Å²) in [5, 5.41) is 0. The van der Waals surface area contributed by atoms with Crippen molar-refractivity contribution in [2.24, 2.45) is 58.0 Å². The number of carbonyl (C=O) groups is 3. The first-order chi connectivity index (χ1) is 21.2. The van der Waals surface area contributed by atoms with Crippen molar-refractivity contribution in [2.75, 3.05) is 0 Å². The highest BCUT2D eigenvalue weighted by Gasteiger charge is 2.69. The smallest absolute Gasteiger partial charge is 0.302 e. The maximum atomic E-state index is 12.6. The standard InChI is InChI=1S/C35H55NO9/c1-20-11-13-34(14-12-20)42-44-35(45-43-34)16-15-32(5)24(19-35)17-28(40-22(3)37)31-26-9-8-25(21(2)7-10-30(36)39)33(26,6)29(18-27(31)32)41-23(4)38/h20-21,24-29,31H,7-19H2,1-6H3,(H2,36,39)/t20?,21?,24-,25?,26+,27+,28-,29+,31+,32+,33-,34?,35?/m1/s1. The van der Waals surface area contributed by atoms with Gasteiger partial charge in [-0.15, -0.1) is 0 Å². The lowest BCUT2D eigenvalue weighted by molar-refractivity contribution is -0.665. The minimum atomic E-state index is -1.00. The number of hydrogen-bond donors (Lipinski definition) is 1. The highest BCUT2D eigenvalue weighted by Crippen LogP contribution is 2.70. The van der Waals surface area contributed by atoms with E-state index in [1.807, 2.05) is 0 Å². The van der Waals surface area contributed by atoms with Crippen molar-refractivity contribution >= 4 is 17.8 Å². The van der Waals surface area contributed by atoms with E-state index < -0.39 is 11.6 Å². The van der Waals surface area contributed by atoms with Crippen LogP contribution in [0.15, 0.2) is 0 Å². The minimum Gasteiger partial charge on any atom is -0.462 e. The van der Waals surface area contributed by atoms with E-state index >= 15 is 0 Å². The third-order valence-corrected chi connectivity index (χ3v) is 13.7. The molecule has 2 unspecified atom stereocenters. The molecule has 1 saturated heterocycles. The van der Waals surface area contributed by atoms with Crippen LogP contribution in [0, 0.1) is 52.3 Å². The van der Waals surface area contributed by atoms with Gasteiger partial charge in [0.1, 0.15) is 12.2 Å². The molecule has 0 radical (unpaired) electrons. The quantitative estimate of drug-likeness (QED) is 0.270. The van der Waals surface area contributed by atoms with Gasteiger partial charge in [0.2, 0.25) is 17.5 Å². The summed E-state index contributed by atoms with van der Waals surface area (Å²) in [7, 11) is 0. The van der Waals surface area contributed by atoms with E-state index in [1.54, 1.807) is 0 Å². The molecule has 0 aromatic heterocycles. The van der Waals surface area contributed by atoms with Crippen LogP contribution in [0.1, 0.15) is 125 Å². The Hall–Kier alpha value is -1.75. The van der Waals surface area contributed by atoms with E-state index in [0.717, 1.165) is 44.9 Å². The van der Waals surface area contributed by atoms with Gasteiger partial charge >= 0.3 is 11.9 Å². The van der Waals surface area contributed by atoms with Crippen LogP contribution in [0.2, 0.25) is 0 Å². The van der Waals surface area contributed by atoms with Gasteiger partial charge in [-0.3, -0.25) is 14.4 Å². The van der Waals surface area contributed by atoms with Gasteiger partial charge in [-0.05, 0) is 92.3 Å². The normalized spacial score (nSPS) is 48.1. The van der Waals surface area contributed by atoms with Crippen LogP contribution in [0.25, 0.3) is 0 Å². The Balaban J connectivity index is 1.28. The summed E-state index contributed by atoms with van der Waals surface area (Å²) in [6.07, 6.45) is 9.41. The predicted octanol–water partition coefficient (Wildman–Crippen LogP) is 6.14. The average molecular weight is 634 g/mol. The van der Waals surface area contributed by atoms with E-state index in [9.17, 15) is 14.4 Å². The fraction of sp³-hybridized carbons (Fsp3) is 0.914. The van der Waals surface area contributed by atoms with Gasteiger partial charge in [-0.25, -0.2) is 0 Å². The fourth-order valence-corrected chi connectivity index (χ4v) is 11.2. The van der Waals surface area contributed by atoms with Crippen molar-refractivity contribution in [3.63, 3.8) is 0 Å². The van der Waals surface area contributed by atoms with E-state index in [4.69, 9.17) is 34.8 Å². The molecule has 254 valence electrons. The number of carbonyl (C=O) groups excluding carboxylic acids is 3. The van der Waals surface area contributed by atoms with Crippen LogP contribution < -0.4 is 5.73 Å². The molecule has 6 fully saturated rings. The molecule has 1 amide bonds. The molecular weight excluding hydrogens is 578 g/mol. The van der Waals surface area contributed by atoms with E-state index in [2.05, 4.69) is 27.7 Å². The van der Waals surface area contributed by atoms with Crippen LogP contribution in [-0.4, -0.2) is 41.6 Å². The number of nitrogens with two attached hydrogens (primary N) is 1. The summed E-state index contributed by atoms with van der Waals surface area (Å²) in [6, 6.07) is 0. The summed E-state index contributed by atoms with van der Waals surface area (Å²) in [5.74, 6) is -0.882. The van der Waals surface area contributed by atoms with Crippen LogP contribution in [-0.2, 0) is 43.4 Å². The van der Waals surface area contributed by atoms with Crippen molar-refractivity contribution in [1.82, 2.24) is 0 Å². The molecule has 0 aromatic rings. The number of hydrogen-bond acceptors (Lipinski definition) is 9. The molecule has 2 spiro atoms. The molecule has 1 heterocycles. The van der Waals surface area contributed by atoms with Crippen LogP contribution in [0.4, 0.5) is 0 Å². The molecule has 6 rings (SSSR count). The Bertz CT molecular complexity index is 1140. The summed E-state index contributed by atoms with van der Waals surface area (Å²) >= 11 is 0. The van der Waals surface area contributed by atoms with Gasteiger partial charge in [0.05, 0.1) is 0 Å². The molecule has 0 bridgehead atoms. The van der Waals surface area contributed by atoms with Crippen molar-refractivity contribution < 1.29 is 43.4 Å². The van der Waals surface area contributed by atoms with Gasteiger partial charge in [0.15, 0.2) is 0 Å². The highest BCUT2D eigenvalue weighted by atomic mass is 17.4. The maximum absolute atomic E-state index is 12.6. The highest BCUT2D eigenvalue weighted by molar-refractivity contribution is 5.73. The Morgan fingerprint density at radius 1 is 0.844 bits per heavy atom. The maximum Gasteiger partial charge on any atom is 0.302 e. The molecule has 0 aromatic carbocycles. The molecule has 6 aliphatic rings. The number of esters is 2. The van der Waals surface area contributed by atoms with Crippen molar-refractivity contribution in [3.8, 4) is 0 Å². The number of amides is 1. The summed E-state index contributed by atoms with van der Waals surface area (Å²) in [4.78, 5) is 61.3. The Labute approximate surface area is 267 Å². The third kappa shape index (κ3) is 5.84. The average Bonchev–Trinajstić information content (AvgIpc) is 3.34. The molecule has 5 aliphatic carbocycles. The van der Waals surface area contributed by atoms with Gasteiger partial charge in [0.25, 0.3) is 0 Å². The largest absolute Gasteiger partial charge is 0.462 e. The van der Waals surface area contributed by atoms with Crippen LogP contribution in [0.3, 0.4) is 0 Å². The first-order valence-corrected chi connectivity index (χ1v) is 17.6. The van der Waals surface area contributed by atoms with Crippen molar-refractivity contribution in [1.29, 1.82) is 0 Å². The molecule has 10 heteroatoms. The van der Waals surface area contributed by atoms with Crippen LogP contribution >= 0.6 is 0 Å². The Morgan fingerprint density at radius 3 is 2.11 bits per heavy atom. The predicted molar refractivity (Wildman–Crippen MR) is 162 cm³/mol. The molecular formula is C35H55NO9. The Kier molecular flexibility index (Phi) is 8.88. The number of primary amides is 1. The second-order valence-electron chi connectivity index (χ2n) is 16.3. The third-order valence-electron chi connectivity index (χ3n) is 13.7. The van der Waals surface area contributed by atoms with E-state index in [0.29, 0.717) is 44.4 Å². The first kappa shape index (κ1) is 33.2. The zero-order chi connectivity index (χ0) is 32.4. The van der Waals surface area contributed by atoms with Gasteiger partial charge in [-0.1, -0.05) is 27.7 Å². The van der Waals surface area contributed by atoms with Gasteiger partial charge in [0, 0.05) is 57.3 Å². The van der Waals surface area contributed by atoms with Crippen LogP contribution in [0.5, 0.6) is 0 Å². The number of rotatable bonds is 6. The lowest BCUT2D eigenvalue weighted by Crippen LogP contribution is -2.65. The monoisotopic (exact) mass is 633 g/mol. The lowest BCUT2D eigenvalue weighted by atomic mass is 9.42. The second kappa shape index (κ2) is 12.0. The molecule has 10 atom stereocenters. The zero-order valence-corrected chi connectivity index (χ0v) is 28.1. The molecule has 5 saturated carbocycles. The Morgan fingerprint density at radius 2 is 1.49 bits per heavy atom. The zero-order valence-electron chi connectivity index (χ0n) is 28.1. The SMILES string of the molecule is CC(=O)O[C@H]1C[C@H]2[C@@H]([C@H](OC(C)=O)C[C@@H]3CC4(CC[C@@]32C)OOC2(CCC(C)CC2)OO4)[C@@H]2CCC(C(C)CCC(N)=O)[C@@]12C. The van der Waals surface area contributed by atoms with E-state index in [-0.39, 0.29) is 76.4 Å². The number of fused-ring (bicyclic) bond motifs is 5. The second-order valence-corrected chi connectivity index (χ2v) is 16.3. The first-order valence-electron chi connectivity index (χ1n) is 17.6. The molecule has 2 N–H and O–H groups in total. The lowest BCUT2D eigenvalue weighted by Gasteiger charge is -2.65. The fourth-order valence-electron chi connectivity index (χ4n) is 11.2. The molecule has 10 nitrogen and oxygen atoms in total.